The molecule has 0 bridgehead atoms. The fraction of sp³-hybridized carbons (Fsp3) is 0.294. The summed E-state index contributed by atoms with van der Waals surface area (Å²) < 4.78 is 1.92. The van der Waals surface area contributed by atoms with Crippen LogP contribution in [-0.2, 0) is 6.42 Å². The van der Waals surface area contributed by atoms with Gasteiger partial charge in [-0.05, 0) is 55.5 Å². The molecule has 4 nitrogen and oxygen atoms in total. The summed E-state index contributed by atoms with van der Waals surface area (Å²) in [5.74, 6) is -0.888. The van der Waals surface area contributed by atoms with Crippen molar-refractivity contribution in [2.45, 2.75) is 32.7 Å². The summed E-state index contributed by atoms with van der Waals surface area (Å²) in [6.45, 7) is 4.17. The molecule has 1 N–H and O–H groups in total. The highest BCUT2D eigenvalue weighted by Crippen LogP contribution is 2.32. The van der Waals surface area contributed by atoms with Gasteiger partial charge in [0.15, 0.2) is 0 Å². The maximum Gasteiger partial charge on any atom is 0.335 e. The number of fused-ring (bicyclic) bond motifs is 1. The highest BCUT2D eigenvalue weighted by atomic mass is 16.4. The number of carboxylic acid groups (broad SMARTS) is 1. The Morgan fingerprint density at radius 2 is 2.19 bits per heavy atom. The molecule has 0 aliphatic heterocycles. The van der Waals surface area contributed by atoms with Gasteiger partial charge in [-0.1, -0.05) is 12.1 Å². The van der Waals surface area contributed by atoms with Gasteiger partial charge < -0.3 is 5.11 Å². The summed E-state index contributed by atoms with van der Waals surface area (Å²) >= 11 is 0. The summed E-state index contributed by atoms with van der Waals surface area (Å²) in [4.78, 5) is 11.2. The van der Waals surface area contributed by atoms with Crippen LogP contribution in [0.1, 0.15) is 53.4 Å². The molecule has 2 aromatic rings. The molecule has 0 saturated heterocycles. The van der Waals surface area contributed by atoms with Gasteiger partial charge in [-0.15, -0.1) is 0 Å². The number of carbonyl (C=O) groups is 1. The van der Waals surface area contributed by atoms with Crippen molar-refractivity contribution in [3.8, 4) is 0 Å². The summed E-state index contributed by atoms with van der Waals surface area (Å²) in [7, 11) is 0. The van der Waals surface area contributed by atoms with Crippen LogP contribution in [-0.4, -0.2) is 20.9 Å². The standard InChI is InChI=1S/C17H18N2O2/c1-11(2)19-10-14(9-18-19)15-5-3-4-12-6-7-13(17(20)21)8-16(12)15/h5-11H,3-4H2,1-2H3,(H,20,21). The highest BCUT2D eigenvalue weighted by molar-refractivity contribution is 5.91. The van der Waals surface area contributed by atoms with E-state index < -0.39 is 5.97 Å². The van der Waals surface area contributed by atoms with E-state index in [-0.39, 0.29) is 0 Å². The zero-order valence-corrected chi connectivity index (χ0v) is 12.2. The Morgan fingerprint density at radius 1 is 1.38 bits per heavy atom. The van der Waals surface area contributed by atoms with Crippen LogP contribution in [0.15, 0.2) is 36.7 Å². The lowest BCUT2D eigenvalue weighted by Gasteiger charge is -2.17. The van der Waals surface area contributed by atoms with Crippen molar-refractivity contribution in [2.24, 2.45) is 0 Å². The van der Waals surface area contributed by atoms with E-state index in [2.05, 4.69) is 25.0 Å². The average molecular weight is 282 g/mol. The summed E-state index contributed by atoms with van der Waals surface area (Å²) in [6, 6.07) is 5.70. The average Bonchev–Trinajstić information content (AvgIpc) is 2.95. The molecular formula is C17H18N2O2. The molecule has 1 aromatic heterocycles. The van der Waals surface area contributed by atoms with Crippen LogP contribution in [0.2, 0.25) is 0 Å². The van der Waals surface area contributed by atoms with Crippen LogP contribution in [0.25, 0.3) is 5.57 Å². The van der Waals surface area contributed by atoms with Gasteiger partial charge >= 0.3 is 5.97 Å². The van der Waals surface area contributed by atoms with Crippen LogP contribution >= 0.6 is 0 Å². The van der Waals surface area contributed by atoms with Crippen LogP contribution in [0.4, 0.5) is 0 Å². The number of allylic oxidation sites excluding steroid dienone is 1. The van der Waals surface area contributed by atoms with Gasteiger partial charge in [0, 0.05) is 17.8 Å². The Hall–Kier alpha value is -2.36. The number of rotatable bonds is 3. The smallest absolute Gasteiger partial charge is 0.335 e. The van der Waals surface area contributed by atoms with Crippen molar-refractivity contribution >= 4 is 11.5 Å². The van der Waals surface area contributed by atoms with E-state index >= 15 is 0 Å². The molecule has 0 saturated carbocycles. The first kappa shape index (κ1) is 13.6. The minimum absolute atomic E-state index is 0.313. The van der Waals surface area contributed by atoms with Crippen molar-refractivity contribution in [2.75, 3.05) is 0 Å². The number of hydrogen-bond acceptors (Lipinski definition) is 2. The first-order chi connectivity index (χ1) is 10.1. The minimum Gasteiger partial charge on any atom is -0.478 e. The molecule has 0 atom stereocenters. The normalized spacial score (nSPS) is 14.0. The molecule has 0 unspecified atom stereocenters. The number of carboxylic acids is 1. The maximum atomic E-state index is 11.2. The number of hydrogen-bond donors (Lipinski definition) is 1. The molecule has 3 rings (SSSR count). The van der Waals surface area contributed by atoms with E-state index in [4.69, 9.17) is 0 Å². The topological polar surface area (TPSA) is 55.1 Å². The number of aryl methyl sites for hydroxylation is 1. The molecule has 1 aromatic carbocycles. The minimum atomic E-state index is -0.888. The highest BCUT2D eigenvalue weighted by Gasteiger charge is 2.18. The van der Waals surface area contributed by atoms with E-state index in [1.54, 1.807) is 12.1 Å². The number of aromatic carboxylic acids is 1. The number of benzene rings is 1. The molecule has 21 heavy (non-hydrogen) atoms. The van der Waals surface area contributed by atoms with Crippen molar-refractivity contribution in [3.05, 3.63) is 58.9 Å². The first-order valence-corrected chi connectivity index (χ1v) is 7.17. The zero-order valence-electron chi connectivity index (χ0n) is 12.2. The largest absolute Gasteiger partial charge is 0.478 e. The predicted molar refractivity (Wildman–Crippen MR) is 81.4 cm³/mol. The third-order valence-electron chi connectivity index (χ3n) is 3.85. The van der Waals surface area contributed by atoms with Gasteiger partial charge in [-0.25, -0.2) is 4.79 Å². The Labute approximate surface area is 123 Å². The Kier molecular flexibility index (Phi) is 3.37. The van der Waals surface area contributed by atoms with Gasteiger partial charge in [0.25, 0.3) is 0 Å². The molecule has 0 amide bonds. The molecule has 0 spiro atoms. The van der Waals surface area contributed by atoms with Gasteiger partial charge in [0.05, 0.1) is 11.8 Å². The molecule has 0 fully saturated rings. The molecule has 4 heteroatoms. The molecule has 1 aliphatic carbocycles. The quantitative estimate of drug-likeness (QED) is 0.936. The second-order valence-electron chi connectivity index (χ2n) is 5.64. The van der Waals surface area contributed by atoms with E-state index in [1.807, 2.05) is 23.1 Å². The molecule has 1 heterocycles. The monoisotopic (exact) mass is 282 g/mol. The lowest BCUT2D eigenvalue weighted by atomic mass is 9.87. The van der Waals surface area contributed by atoms with Crippen molar-refractivity contribution < 1.29 is 9.90 Å². The molecule has 108 valence electrons. The Balaban J connectivity index is 2.06. The lowest BCUT2D eigenvalue weighted by molar-refractivity contribution is 0.0697. The van der Waals surface area contributed by atoms with E-state index in [1.165, 1.54) is 5.56 Å². The van der Waals surface area contributed by atoms with E-state index in [0.717, 1.165) is 29.5 Å². The SMILES string of the molecule is CC(C)n1cc(C2=CCCc3ccc(C(=O)O)cc32)cn1. The van der Waals surface area contributed by atoms with E-state index in [9.17, 15) is 9.90 Å². The summed E-state index contributed by atoms with van der Waals surface area (Å²) in [5, 5.41) is 13.6. The second-order valence-corrected chi connectivity index (χ2v) is 5.64. The van der Waals surface area contributed by atoms with Gasteiger partial charge in [0.2, 0.25) is 0 Å². The first-order valence-electron chi connectivity index (χ1n) is 7.17. The summed E-state index contributed by atoms with van der Waals surface area (Å²) in [6.07, 6.45) is 7.99. The Bertz CT molecular complexity index is 726. The van der Waals surface area contributed by atoms with Crippen LogP contribution < -0.4 is 0 Å². The van der Waals surface area contributed by atoms with E-state index in [0.29, 0.717) is 11.6 Å². The van der Waals surface area contributed by atoms with Crippen molar-refractivity contribution in [3.63, 3.8) is 0 Å². The number of nitrogens with zero attached hydrogens (tertiary/aromatic N) is 2. The van der Waals surface area contributed by atoms with Crippen LogP contribution in [0, 0.1) is 0 Å². The lowest BCUT2D eigenvalue weighted by Crippen LogP contribution is -2.05. The molecular weight excluding hydrogens is 264 g/mol. The molecule has 0 radical (unpaired) electrons. The van der Waals surface area contributed by atoms with Gasteiger partial charge in [-0.3, -0.25) is 4.68 Å². The van der Waals surface area contributed by atoms with Crippen LogP contribution in [0.5, 0.6) is 0 Å². The Morgan fingerprint density at radius 3 is 2.86 bits per heavy atom. The number of aromatic nitrogens is 2. The fourth-order valence-corrected chi connectivity index (χ4v) is 2.69. The fourth-order valence-electron chi connectivity index (χ4n) is 2.69. The predicted octanol–water partition coefficient (Wildman–Crippen LogP) is 3.54. The zero-order chi connectivity index (χ0) is 15.0. The third kappa shape index (κ3) is 2.49. The van der Waals surface area contributed by atoms with Gasteiger partial charge in [0.1, 0.15) is 0 Å². The van der Waals surface area contributed by atoms with Gasteiger partial charge in [-0.2, -0.15) is 5.10 Å². The van der Waals surface area contributed by atoms with Crippen molar-refractivity contribution in [1.82, 2.24) is 9.78 Å². The summed E-state index contributed by atoms with van der Waals surface area (Å²) in [5.41, 5.74) is 4.69. The maximum absolute atomic E-state index is 11.2. The van der Waals surface area contributed by atoms with Crippen LogP contribution in [0.3, 0.4) is 0 Å². The second kappa shape index (κ2) is 5.20. The molecule has 1 aliphatic rings. The third-order valence-corrected chi connectivity index (χ3v) is 3.85. The van der Waals surface area contributed by atoms with Crippen molar-refractivity contribution in [1.29, 1.82) is 0 Å².